The van der Waals surface area contributed by atoms with E-state index in [0.717, 1.165) is 0 Å². The van der Waals surface area contributed by atoms with E-state index in [4.69, 9.17) is 14.3 Å². The summed E-state index contributed by atoms with van der Waals surface area (Å²) in [4.78, 5) is 22.4. The number of aryl methyl sites for hydroxylation is 1. The molecule has 0 aliphatic carbocycles. The third-order valence-corrected chi connectivity index (χ3v) is 2.66. The van der Waals surface area contributed by atoms with Gasteiger partial charge >= 0.3 is 5.97 Å². The van der Waals surface area contributed by atoms with Crippen LogP contribution in [0.15, 0.2) is 10.5 Å². The van der Waals surface area contributed by atoms with Gasteiger partial charge in [-0.1, -0.05) is 0 Å². The molecule has 0 fully saturated rings. The van der Waals surface area contributed by atoms with E-state index >= 15 is 0 Å². The topological polar surface area (TPSA) is 88.8 Å². The Balaban J connectivity index is 2.30. The van der Waals surface area contributed by atoms with Crippen LogP contribution >= 0.6 is 0 Å². The van der Waals surface area contributed by atoms with Crippen LogP contribution in [-0.2, 0) is 16.1 Å². The summed E-state index contributed by atoms with van der Waals surface area (Å²) in [6.07, 6.45) is 1.19. The van der Waals surface area contributed by atoms with Crippen LogP contribution in [0.4, 0.5) is 0 Å². The molecule has 0 saturated heterocycles. The molecule has 0 aliphatic heterocycles. The van der Waals surface area contributed by atoms with Crippen molar-refractivity contribution in [1.82, 2.24) is 5.32 Å². The summed E-state index contributed by atoms with van der Waals surface area (Å²) in [7, 11) is 0. The van der Waals surface area contributed by atoms with Gasteiger partial charge in [-0.2, -0.15) is 0 Å². The maximum atomic E-state index is 11.6. The molecular weight excluding hydrogens is 262 g/mol. The molecular formula is C14H21NO5. The Morgan fingerprint density at radius 3 is 2.70 bits per heavy atom. The van der Waals surface area contributed by atoms with Crippen molar-refractivity contribution in [3.05, 3.63) is 23.2 Å². The quantitative estimate of drug-likeness (QED) is 0.713. The van der Waals surface area contributed by atoms with Crippen LogP contribution in [0.5, 0.6) is 0 Å². The summed E-state index contributed by atoms with van der Waals surface area (Å²) < 4.78 is 10.6. The van der Waals surface area contributed by atoms with Crippen LogP contribution in [-0.4, -0.2) is 29.7 Å². The zero-order valence-electron chi connectivity index (χ0n) is 12.1. The van der Waals surface area contributed by atoms with Gasteiger partial charge in [0.1, 0.15) is 17.1 Å². The van der Waals surface area contributed by atoms with E-state index in [1.54, 1.807) is 6.92 Å². The minimum atomic E-state index is -1.03. The fourth-order valence-corrected chi connectivity index (χ4v) is 1.67. The summed E-state index contributed by atoms with van der Waals surface area (Å²) >= 11 is 0. The number of aromatic carboxylic acids is 1. The molecule has 0 bridgehead atoms. The normalized spacial score (nSPS) is 10.8. The van der Waals surface area contributed by atoms with Gasteiger partial charge in [0.2, 0.25) is 5.91 Å². The van der Waals surface area contributed by atoms with Crippen molar-refractivity contribution in [2.75, 3.05) is 6.61 Å². The van der Waals surface area contributed by atoms with Crippen molar-refractivity contribution in [1.29, 1.82) is 0 Å². The Morgan fingerprint density at radius 2 is 2.15 bits per heavy atom. The predicted octanol–water partition coefficient (Wildman–Crippen LogP) is 2.11. The predicted molar refractivity (Wildman–Crippen MR) is 72.6 cm³/mol. The molecule has 0 radical (unpaired) electrons. The van der Waals surface area contributed by atoms with Crippen LogP contribution in [0.2, 0.25) is 0 Å². The van der Waals surface area contributed by atoms with E-state index in [-0.39, 0.29) is 24.1 Å². The number of carboxylic acids is 1. The first-order valence-electron chi connectivity index (χ1n) is 6.61. The molecule has 0 spiro atoms. The number of nitrogens with one attached hydrogen (secondary N) is 1. The Kier molecular flexibility index (Phi) is 6.24. The van der Waals surface area contributed by atoms with Gasteiger partial charge < -0.3 is 19.6 Å². The molecule has 0 saturated carbocycles. The summed E-state index contributed by atoms with van der Waals surface area (Å²) in [5, 5.41) is 11.6. The number of carboxylic acid groups (broad SMARTS) is 1. The third kappa shape index (κ3) is 5.44. The molecule has 0 aliphatic rings. The molecule has 1 rings (SSSR count). The van der Waals surface area contributed by atoms with E-state index < -0.39 is 5.97 Å². The lowest BCUT2D eigenvalue weighted by Crippen LogP contribution is -2.22. The highest BCUT2D eigenvalue weighted by molar-refractivity contribution is 5.88. The van der Waals surface area contributed by atoms with Crippen molar-refractivity contribution < 1.29 is 23.8 Å². The van der Waals surface area contributed by atoms with Gasteiger partial charge in [0, 0.05) is 13.0 Å². The molecule has 1 amide bonds. The highest BCUT2D eigenvalue weighted by Gasteiger charge is 2.13. The number of amides is 1. The number of hydrogen-bond acceptors (Lipinski definition) is 4. The van der Waals surface area contributed by atoms with Gasteiger partial charge in [0.25, 0.3) is 0 Å². The van der Waals surface area contributed by atoms with Crippen molar-refractivity contribution in [2.45, 2.75) is 46.3 Å². The first-order valence-corrected chi connectivity index (χ1v) is 6.61. The average molecular weight is 283 g/mol. The molecule has 112 valence electrons. The lowest BCUT2D eigenvalue weighted by atomic mass is 10.2. The zero-order valence-corrected chi connectivity index (χ0v) is 12.1. The summed E-state index contributed by atoms with van der Waals surface area (Å²) in [6, 6.07) is 1.43. The maximum absolute atomic E-state index is 11.6. The maximum Gasteiger partial charge on any atom is 0.339 e. The second-order valence-electron chi connectivity index (χ2n) is 4.79. The molecule has 0 aromatic carbocycles. The third-order valence-electron chi connectivity index (χ3n) is 2.66. The zero-order chi connectivity index (χ0) is 15.1. The summed E-state index contributed by atoms with van der Waals surface area (Å²) in [5.41, 5.74) is 0.125. The van der Waals surface area contributed by atoms with Crippen molar-refractivity contribution >= 4 is 11.9 Å². The van der Waals surface area contributed by atoms with Crippen LogP contribution < -0.4 is 5.32 Å². The van der Waals surface area contributed by atoms with E-state index in [2.05, 4.69) is 5.32 Å². The Hall–Kier alpha value is -1.82. The van der Waals surface area contributed by atoms with Gasteiger partial charge in [-0.15, -0.1) is 0 Å². The van der Waals surface area contributed by atoms with Gasteiger partial charge in [0.15, 0.2) is 0 Å². The molecule has 1 heterocycles. The number of ether oxygens (including phenoxy) is 1. The van der Waals surface area contributed by atoms with Crippen molar-refractivity contribution in [2.24, 2.45) is 0 Å². The van der Waals surface area contributed by atoms with Crippen LogP contribution in [0.1, 0.15) is 48.6 Å². The fourth-order valence-electron chi connectivity index (χ4n) is 1.67. The van der Waals surface area contributed by atoms with Gasteiger partial charge in [-0.05, 0) is 33.3 Å². The molecule has 6 heteroatoms. The summed E-state index contributed by atoms with van der Waals surface area (Å²) in [5.74, 6) is -0.364. The molecule has 20 heavy (non-hydrogen) atoms. The molecule has 0 unspecified atom stereocenters. The minimum absolute atomic E-state index is 0.108. The lowest BCUT2D eigenvalue weighted by molar-refractivity contribution is -0.121. The van der Waals surface area contributed by atoms with E-state index in [0.29, 0.717) is 31.0 Å². The SMILES string of the molecule is Cc1oc(CNC(=O)CCCOC(C)C)cc1C(=O)O. The van der Waals surface area contributed by atoms with E-state index in [1.807, 2.05) is 13.8 Å². The number of carbonyl (C=O) groups is 2. The highest BCUT2D eigenvalue weighted by Crippen LogP contribution is 2.14. The minimum Gasteiger partial charge on any atom is -0.478 e. The van der Waals surface area contributed by atoms with Gasteiger partial charge in [-0.3, -0.25) is 4.79 Å². The summed E-state index contributed by atoms with van der Waals surface area (Å²) in [6.45, 7) is 6.21. The van der Waals surface area contributed by atoms with Crippen molar-refractivity contribution in [3.63, 3.8) is 0 Å². The molecule has 2 N–H and O–H groups in total. The smallest absolute Gasteiger partial charge is 0.339 e. The largest absolute Gasteiger partial charge is 0.478 e. The Labute approximate surface area is 118 Å². The first-order chi connectivity index (χ1) is 9.40. The standard InChI is InChI=1S/C14H21NO5/c1-9(2)19-6-4-5-13(16)15-8-11-7-12(14(17)18)10(3)20-11/h7,9H,4-6,8H2,1-3H3,(H,15,16)(H,17,18). The fraction of sp³-hybridized carbons (Fsp3) is 0.571. The first kappa shape index (κ1) is 16.2. The van der Waals surface area contributed by atoms with Gasteiger partial charge in [0.05, 0.1) is 12.6 Å². The van der Waals surface area contributed by atoms with Gasteiger partial charge in [-0.25, -0.2) is 4.79 Å². The highest BCUT2D eigenvalue weighted by atomic mass is 16.5. The van der Waals surface area contributed by atoms with Crippen molar-refractivity contribution in [3.8, 4) is 0 Å². The second kappa shape index (κ2) is 7.69. The average Bonchev–Trinajstić information content (AvgIpc) is 2.73. The molecule has 1 aromatic rings. The van der Waals surface area contributed by atoms with Crippen LogP contribution in [0.25, 0.3) is 0 Å². The Bertz CT molecular complexity index is 464. The molecule has 0 atom stereocenters. The number of hydrogen-bond donors (Lipinski definition) is 2. The second-order valence-corrected chi connectivity index (χ2v) is 4.79. The van der Waals surface area contributed by atoms with Crippen LogP contribution in [0.3, 0.4) is 0 Å². The number of carbonyl (C=O) groups excluding carboxylic acids is 1. The van der Waals surface area contributed by atoms with E-state index in [9.17, 15) is 9.59 Å². The van der Waals surface area contributed by atoms with Crippen LogP contribution in [0, 0.1) is 6.92 Å². The lowest BCUT2D eigenvalue weighted by Gasteiger charge is -2.07. The number of furan rings is 1. The monoisotopic (exact) mass is 283 g/mol. The number of rotatable bonds is 8. The molecule has 1 aromatic heterocycles. The Morgan fingerprint density at radius 1 is 1.45 bits per heavy atom. The molecule has 6 nitrogen and oxygen atoms in total. The van der Waals surface area contributed by atoms with E-state index in [1.165, 1.54) is 6.07 Å².